The van der Waals surface area contributed by atoms with Crippen LogP contribution in [0.1, 0.15) is 33.0 Å². The molecular formula is C13H19N5O6S. The van der Waals surface area contributed by atoms with Gasteiger partial charge in [-0.15, -0.1) is 0 Å². The van der Waals surface area contributed by atoms with E-state index in [1.807, 2.05) is 0 Å². The number of hydrogen-bond acceptors (Lipinski definition) is 9. The molecule has 12 heteroatoms. The van der Waals surface area contributed by atoms with Gasteiger partial charge < -0.3 is 25.3 Å². The number of alkyl carbamates (subject to hydrolysis) is 1. The summed E-state index contributed by atoms with van der Waals surface area (Å²) < 4.78 is 8.82. The summed E-state index contributed by atoms with van der Waals surface area (Å²) in [7, 11) is 0. The van der Waals surface area contributed by atoms with Crippen molar-refractivity contribution in [3.8, 4) is 0 Å². The average Bonchev–Trinajstić information content (AvgIpc) is 2.92. The molecule has 1 rings (SSSR count). The van der Waals surface area contributed by atoms with E-state index in [0.29, 0.717) is 12.8 Å². The molecule has 0 fully saturated rings. The van der Waals surface area contributed by atoms with E-state index in [9.17, 15) is 14.4 Å². The van der Waals surface area contributed by atoms with Crippen LogP contribution in [-0.2, 0) is 19.2 Å². The Hall–Kier alpha value is -2.76. The first-order valence-corrected chi connectivity index (χ1v) is 7.94. The summed E-state index contributed by atoms with van der Waals surface area (Å²) in [4.78, 5) is 41.6. The molecule has 2 amide bonds. The first kappa shape index (κ1) is 20.3. The lowest BCUT2D eigenvalue weighted by Gasteiger charge is -2.19. The second kappa shape index (κ2) is 9.52. The van der Waals surface area contributed by atoms with Gasteiger partial charge in [-0.05, 0) is 20.8 Å². The highest BCUT2D eigenvalue weighted by atomic mass is 32.1. The van der Waals surface area contributed by atoms with E-state index in [4.69, 9.17) is 14.7 Å². The number of hydrogen-bond donors (Lipinski definition) is 3. The smallest absolute Gasteiger partial charge is 0.407 e. The molecule has 0 atom stereocenters. The molecule has 0 aliphatic heterocycles. The minimum absolute atomic E-state index is 0.0656. The lowest BCUT2D eigenvalue weighted by Crippen LogP contribution is -2.33. The Bertz CT molecular complexity index is 639. The second-order valence-corrected chi connectivity index (χ2v) is 6.30. The zero-order valence-electron chi connectivity index (χ0n) is 13.9. The van der Waals surface area contributed by atoms with E-state index in [0.717, 1.165) is 11.5 Å². The van der Waals surface area contributed by atoms with Crippen molar-refractivity contribution in [2.45, 2.75) is 32.8 Å². The third-order valence-electron chi connectivity index (χ3n) is 2.26. The highest BCUT2D eigenvalue weighted by molar-refractivity contribution is 7.10. The lowest BCUT2D eigenvalue weighted by atomic mass is 10.2. The van der Waals surface area contributed by atoms with Crippen molar-refractivity contribution in [2.75, 3.05) is 18.5 Å². The quantitative estimate of drug-likeness (QED) is 0.249. The molecule has 11 nitrogen and oxygen atoms in total. The zero-order chi connectivity index (χ0) is 18.9. The molecule has 1 aromatic heterocycles. The van der Waals surface area contributed by atoms with Gasteiger partial charge in [0.05, 0.1) is 0 Å². The van der Waals surface area contributed by atoms with Crippen molar-refractivity contribution >= 4 is 40.8 Å². The van der Waals surface area contributed by atoms with Crippen molar-refractivity contribution in [2.24, 2.45) is 5.16 Å². The fraction of sp³-hybridized carbons (Fsp3) is 0.538. The number of oxime groups is 1. The number of rotatable bonds is 9. The van der Waals surface area contributed by atoms with Crippen LogP contribution in [-0.4, -0.2) is 57.4 Å². The molecule has 0 saturated heterocycles. The molecule has 1 aromatic rings. The average molecular weight is 373 g/mol. The molecule has 25 heavy (non-hydrogen) atoms. The number of anilines is 1. The number of ether oxygens (including phenoxy) is 1. The van der Waals surface area contributed by atoms with Crippen LogP contribution >= 0.6 is 11.5 Å². The number of amides is 2. The maximum absolute atomic E-state index is 11.4. The Morgan fingerprint density at radius 2 is 2.12 bits per heavy atom. The number of carbonyl (C=O) groups is 3. The number of carboxylic acids is 1. The fourth-order valence-electron chi connectivity index (χ4n) is 1.36. The van der Waals surface area contributed by atoms with E-state index in [2.05, 4.69) is 25.1 Å². The Labute approximate surface area is 147 Å². The summed E-state index contributed by atoms with van der Waals surface area (Å²) in [5.41, 5.74) is -1.07. The SMILES string of the molecule is CC(C)(C)OC(=O)NCCCO/N=C(/C(=O)O)c1nsc(NC=O)n1. The Balaban J connectivity index is 2.42. The number of aliphatic carboxylic acids is 1. The maximum Gasteiger partial charge on any atom is 0.407 e. The summed E-state index contributed by atoms with van der Waals surface area (Å²) in [6, 6.07) is 0. The van der Waals surface area contributed by atoms with Crippen LogP contribution < -0.4 is 10.6 Å². The van der Waals surface area contributed by atoms with Gasteiger partial charge in [0.15, 0.2) is 0 Å². The third kappa shape index (κ3) is 8.06. The number of nitrogens with one attached hydrogen (secondary N) is 2. The maximum atomic E-state index is 11.4. The van der Waals surface area contributed by atoms with Gasteiger partial charge in [-0.3, -0.25) is 4.79 Å². The Morgan fingerprint density at radius 1 is 1.40 bits per heavy atom. The van der Waals surface area contributed by atoms with Crippen molar-refractivity contribution < 1.29 is 29.1 Å². The van der Waals surface area contributed by atoms with Gasteiger partial charge in [0.2, 0.25) is 23.1 Å². The summed E-state index contributed by atoms with van der Waals surface area (Å²) in [5.74, 6) is -1.55. The van der Waals surface area contributed by atoms with Gasteiger partial charge >= 0.3 is 12.1 Å². The highest BCUT2D eigenvalue weighted by Gasteiger charge is 2.19. The van der Waals surface area contributed by atoms with E-state index in [1.54, 1.807) is 20.8 Å². The standard InChI is InChI=1S/C13H19N5O6S/c1-13(2,3)24-12(22)14-5-4-6-23-17-8(10(20)21)9-16-11(15-7-19)25-18-9/h7H,4-6H2,1-3H3,(H,14,22)(H,20,21)(H,15,16,18,19)/b17-8+. The molecule has 138 valence electrons. The second-order valence-electron chi connectivity index (χ2n) is 5.55. The fourth-order valence-corrected chi connectivity index (χ4v) is 1.88. The molecule has 1 heterocycles. The van der Waals surface area contributed by atoms with Crippen molar-refractivity contribution in [3.05, 3.63) is 5.82 Å². The predicted molar refractivity (Wildman–Crippen MR) is 88.6 cm³/mol. The molecule has 0 aromatic carbocycles. The van der Waals surface area contributed by atoms with E-state index < -0.39 is 23.4 Å². The zero-order valence-corrected chi connectivity index (χ0v) is 14.8. The van der Waals surface area contributed by atoms with Gasteiger partial charge in [-0.1, -0.05) is 5.16 Å². The van der Waals surface area contributed by atoms with Gasteiger partial charge in [0.25, 0.3) is 0 Å². The molecule has 0 unspecified atom stereocenters. The van der Waals surface area contributed by atoms with Gasteiger partial charge in [0.1, 0.15) is 12.2 Å². The molecule has 0 spiro atoms. The predicted octanol–water partition coefficient (Wildman–Crippen LogP) is 0.826. The van der Waals surface area contributed by atoms with Crippen molar-refractivity contribution in [3.63, 3.8) is 0 Å². The Morgan fingerprint density at radius 3 is 2.72 bits per heavy atom. The molecule has 0 saturated carbocycles. The molecule has 3 N–H and O–H groups in total. The summed E-state index contributed by atoms with van der Waals surface area (Å²) >= 11 is 0.810. The molecular weight excluding hydrogens is 354 g/mol. The van der Waals surface area contributed by atoms with Crippen LogP contribution in [0.2, 0.25) is 0 Å². The number of carboxylic acid groups (broad SMARTS) is 1. The lowest BCUT2D eigenvalue weighted by molar-refractivity contribution is -0.129. The Kier molecular flexibility index (Phi) is 7.72. The van der Waals surface area contributed by atoms with Crippen molar-refractivity contribution in [1.82, 2.24) is 14.7 Å². The summed E-state index contributed by atoms with van der Waals surface area (Å²) in [6.45, 7) is 5.59. The van der Waals surface area contributed by atoms with E-state index >= 15 is 0 Å². The third-order valence-corrected chi connectivity index (χ3v) is 2.91. The van der Waals surface area contributed by atoms with Gasteiger partial charge in [-0.25, -0.2) is 9.59 Å². The summed E-state index contributed by atoms with van der Waals surface area (Å²) in [6.07, 6.45) is 0.234. The number of carbonyl (C=O) groups excluding carboxylic acids is 2. The van der Waals surface area contributed by atoms with Crippen LogP contribution in [0.25, 0.3) is 0 Å². The molecule has 0 radical (unpaired) electrons. The van der Waals surface area contributed by atoms with Crippen LogP contribution in [0.5, 0.6) is 0 Å². The molecule has 0 bridgehead atoms. The van der Waals surface area contributed by atoms with Crippen LogP contribution in [0.3, 0.4) is 0 Å². The monoisotopic (exact) mass is 373 g/mol. The first-order valence-electron chi connectivity index (χ1n) is 7.17. The number of nitrogens with zero attached hydrogens (tertiary/aromatic N) is 3. The van der Waals surface area contributed by atoms with Crippen LogP contribution in [0, 0.1) is 0 Å². The van der Waals surface area contributed by atoms with Gasteiger partial charge in [0, 0.05) is 24.5 Å². The molecule has 0 aliphatic carbocycles. The first-order chi connectivity index (χ1) is 11.7. The normalized spacial score (nSPS) is 11.6. The minimum atomic E-state index is -1.37. The van der Waals surface area contributed by atoms with Crippen LogP contribution in [0.15, 0.2) is 5.16 Å². The van der Waals surface area contributed by atoms with Crippen LogP contribution in [0.4, 0.5) is 9.93 Å². The molecule has 0 aliphatic rings. The number of aromatic nitrogens is 2. The van der Waals surface area contributed by atoms with Crippen molar-refractivity contribution in [1.29, 1.82) is 0 Å². The van der Waals surface area contributed by atoms with E-state index in [1.165, 1.54) is 0 Å². The highest BCUT2D eigenvalue weighted by Crippen LogP contribution is 2.11. The minimum Gasteiger partial charge on any atom is -0.476 e. The summed E-state index contributed by atoms with van der Waals surface area (Å²) in [5, 5.41) is 17.5. The topological polar surface area (TPSA) is 152 Å². The van der Waals surface area contributed by atoms with Gasteiger partial charge in [-0.2, -0.15) is 9.36 Å². The largest absolute Gasteiger partial charge is 0.476 e. The van der Waals surface area contributed by atoms with E-state index in [-0.39, 0.29) is 24.1 Å².